The molecule has 1 heterocycles. The van der Waals surface area contributed by atoms with Crippen molar-refractivity contribution in [2.75, 3.05) is 5.32 Å². The molecule has 19 nitrogen and oxygen atoms in total. The number of benzene rings is 1. The van der Waals surface area contributed by atoms with Gasteiger partial charge < -0.3 is 55.0 Å². The molecule has 1 fully saturated rings. The van der Waals surface area contributed by atoms with E-state index in [1.165, 1.54) is 18.2 Å². The Balaban J connectivity index is 2.34. The Morgan fingerprint density at radius 3 is 2.29 bits per heavy atom. The number of carbonyl (C=O) groups is 8. The highest BCUT2D eigenvalue weighted by atomic mass is 16.7. The van der Waals surface area contributed by atoms with E-state index in [1.807, 2.05) is 0 Å². The fourth-order valence-electron chi connectivity index (χ4n) is 3.65. The summed E-state index contributed by atoms with van der Waals surface area (Å²) < 4.78 is 30.3. The summed E-state index contributed by atoms with van der Waals surface area (Å²) in [6, 6.07) is 3.77. The number of rotatable bonds is 18. The van der Waals surface area contributed by atoms with Crippen LogP contribution >= 0.6 is 0 Å². The summed E-state index contributed by atoms with van der Waals surface area (Å²) in [5.41, 5.74) is 5.69. The quantitative estimate of drug-likeness (QED) is 0.0614. The first-order chi connectivity index (χ1) is 21.4. The lowest BCUT2D eigenvalue weighted by atomic mass is 9.80. The van der Waals surface area contributed by atoms with Crippen molar-refractivity contribution in [3.63, 3.8) is 0 Å². The number of nitrogens with two attached hydrogens (primary N) is 1. The number of carboxylic acid groups (broad SMARTS) is 1. The van der Waals surface area contributed by atoms with Crippen LogP contribution in [-0.4, -0.2) is 113 Å². The second-order valence-corrected chi connectivity index (χ2v) is 8.67. The van der Waals surface area contributed by atoms with Crippen LogP contribution in [0.2, 0.25) is 0 Å². The maximum atomic E-state index is 12.7. The normalized spacial score (nSPS) is 20.9. The molecular formula is C23H25B3N4O15. The molecule has 0 aliphatic carbocycles. The topological polar surface area (TPSA) is 274 Å². The van der Waals surface area contributed by atoms with Crippen LogP contribution in [0, 0.1) is 0 Å². The number of carboxylic acids is 1. The molecular weight excluding hydrogens is 605 g/mol. The van der Waals surface area contributed by atoms with Crippen LogP contribution in [0.3, 0.4) is 0 Å². The predicted octanol–water partition coefficient (Wildman–Crippen LogP) is -3.00. The fraction of sp³-hybridized carbons (Fsp3) is 0.391. The van der Waals surface area contributed by atoms with Gasteiger partial charge in [0, 0.05) is 6.42 Å². The Labute approximate surface area is 257 Å². The molecule has 45 heavy (non-hydrogen) atoms. The van der Waals surface area contributed by atoms with Crippen molar-refractivity contribution in [3.05, 3.63) is 23.8 Å². The van der Waals surface area contributed by atoms with Gasteiger partial charge in [-0.1, -0.05) is 13.0 Å². The molecule has 0 saturated carbocycles. The van der Waals surface area contributed by atoms with Gasteiger partial charge in [0.1, 0.15) is 12.4 Å². The smallest absolute Gasteiger partial charge is 0.364 e. The van der Waals surface area contributed by atoms with Gasteiger partial charge in [0.15, 0.2) is 24.1 Å². The molecule has 2 rings (SSSR count). The molecule has 0 bridgehead atoms. The Bertz CT molecular complexity index is 1270. The third-order valence-electron chi connectivity index (χ3n) is 5.70. The third kappa shape index (κ3) is 10.8. The van der Waals surface area contributed by atoms with Crippen molar-refractivity contribution in [3.8, 4) is 5.75 Å². The van der Waals surface area contributed by atoms with E-state index in [1.54, 1.807) is 6.92 Å². The Morgan fingerprint density at radius 2 is 1.69 bits per heavy atom. The molecule has 1 aromatic carbocycles. The minimum atomic E-state index is -2.00. The maximum absolute atomic E-state index is 12.7. The maximum Gasteiger partial charge on any atom is 0.364 e. The van der Waals surface area contributed by atoms with E-state index in [9.17, 15) is 43.5 Å². The van der Waals surface area contributed by atoms with Crippen molar-refractivity contribution in [1.82, 2.24) is 10.5 Å². The van der Waals surface area contributed by atoms with E-state index in [4.69, 9.17) is 42.0 Å². The molecule has 1 aromatic rings. The first-order valence-electron chi connectivity index (χ1n) is 12.7. The average Bonchev–Trinajstić information content (AvgIpc) is 3.00. The summed E-state index contributed by atoms with van der Waals surface area (Å²) in [6.07, 6.45) is -8.94. The molecule has 1 aliphatic heterocycles. The van der Waals surface area contributed by atoms with E-state index in [2.05, 4.69) is 15.8 Å². The Hall–Kier alpha value is -5.11. The molecule has 0 aromatic heterocycles. The van der Waals surface area contributed by atoms with Gasteiger partial charge in [0.05, 0.1) is 11.6 Å². The largest absolute Gasteiger partial charge is 0.479 e. The molecule has 6 N–H and O–H groups in total. The summed E-state index contributed by atoms with van der Waals surface area (Å²) in [6.45, 7) is 0.873. The van der Waals surface area contributed by atoms with Gasteiger partial charge in [-0.3, -0.25) is 33.6 Å². The minimum absolute atomic E-state index is 0.0922. The minimum Gasteiger partial charge on any atom is -0.479 e. The molecule has 6 atom stereocenters. The second kappa shape index (κ2) is 17.9. The summed E-state index contributed by atoms with van der Waals surface area (Å²) in [5, 5.41) is 16.4. The monoisotopic (exact) mass is 630 g/mol. The first-order valence-corrected chi connectivity index (χ1v) is 12.7. The average molecular weight is 630 g/mol. The van der Waals surface area contributed by atoms with E-state index in [0.717, 1.165) is 7.41 Å². The second-order valence-electron chi connectivity index (χ2n) is 8.67. The fourth-order valence-corrected chi connectivity index (χ4v) is 3.65. The highest BCUT2D eigenvalue weighted by Crippen LogP contribution is 2.33. The van der Waals surface area contributed by atoms with Crippen LogP contribution in [0.15, 0.2) is 18.2 Å². The molecule has 1 aliphatic rings. The molecule has 3 amide bonds. The van der Waals surface area contributed by atoms with Crippen LogP contribution < -0.4 is 26.2 Å². The van der Waals surface area contributed by atoms with Crippen LogP contribution in [-0.2, 0) is 59.1 Å². The van der Waals surface area contributed by atoms with Gasteiger partial charge in [0.2, 0.25) is 37.9 Å². The number of ether oxygens (including phenoxy) is 6. The number of nitrogens with one attached hydrogen (secondary N) is 3. The molecule has 1 saturated heterocycles. The number of amides is 3. The summed E-state index contributed by atoms with van der Waals surface area (Å²) >= 11 is 0. The number of aliphatic carboxylic acids is 1. The van der Waals surface area contributed by atoms with Crippen LogP contribution in [0.5, 0.6) is 5.75 Å². The Kier molecular flexibility index (Phi) is 14.3. The lowest BCUT2D eigenvalue weighted by Gasteiger charge is -2.41. The summed E-state index contributed by atoms with van der Waals surface area (Å²) in [4.78, 5) is 92.6. The zero-order valence-corrected chi connectivity index (χ0v) is 23.3. The third-order valence-corrected chi connectivity index (χ3v) is 5.70. The van der Waals surface area contributed by atoms with E-state index in [-0.39, 0.29) is 49.4 Å². The molecule has 1 unspecified atom stereocenters. The van der Waals surface area contributed by atoms with E-state index in [0.29, 0.717) is 7.41 Å². The number of hydrogen-bond donors (Lipinski definition) is 5. The van der Waals surface area contributed by atoms with Gasteiger partial charge in [-0.25, -0.2) is 4.79 Å². The number of anilines is 1. The van der Waals surface area contributed by atoms with Crippen LogP contribution in [0.4, 0.5) is 15.3 Å². The standard InChI is InChI=1S/C23H25B3N4O15/c1-2-13(34)29-25-18(27)19(35)30-26-23(39)28-11-5-10(6-40-22(24)38)3-4-12(11)44-21-17(43-9-33)15(42-8-32)14(41-7-31)16(45-21)20(36)37/h3-5,7-9,14-18,21H,2,6,27H2,1H3,(H,28,39)(H,29,34)(H,30,35)(H,36,37)/t14-,15-,16-,17+,18?,21+/m0/s1. The van der Waals surface area contributed by atoms with Crippen molar-refractivity contribution in [2.45, 2.75) is 56.6 Å². The highest BCUT2D eigenvalue weighted by molar-refractivity contribution is 6.75. The predicted molar refractivity (Wildman–Crippen MR) is 147 cm³/mol. The SMILES string of the molecule is [B]C(=O)OCc1ccc(O[C@@H]2O[C@H](C(=O)O)[C@@H](OC=O)[C@H](OC=O)[C@H]2OC=O)c(NC(=O)[B]NC(=O)C(N)[B]NC(=O)CC)c1. The number of hydrogen-bond acceptors (Lipinski definition) is 15. The molecule has 22 heteroatoms. The highest BCUT2D eigenvalue weighted by Gasteiger charge is 2.54. The van der Waals surface area contributed by atoms with E-state index >= 15 is 0 Å². The van der Waals surface area contributed by atoms with Gasteiger partial charge in [-0.2, -0.15) is 0 Å². The summed E-state index contributed by atoms with van der Waals surface area (Å²) in [5.74, 6) is -6.64. The summed E-state index contributed by atoms with van der Waals surface area (Å²) in [7, 11) is 6.68. The van der Waals surface area contributed by atoms with Gasteiger partial charge in [-0.05, 0) is 17.7 Å². The van der Waals surface area contributed by atoms with Gasteiger partial charge in [-0.15, -0.1) is 0 Å². The van der Waals surface area contributed by atoms with Crippen molar-refractivity contribution in [1.29, 1.82) is 0 Å². The van der Waals surface area contributed by atoms with Gasteiger partial charge >= 0.3 is 13.4 Å². The van der Waals surface area contributed by atoms with Crippen LogP contribution in [0.25, 0.3) is 0 Å². The molecule has 0 spiro atoms. The van der Waals surface area contributed by atoms with Crippen molar-refractivity contribution in [2.24, 2.45) is 5.73 Å². The van der Waals surface area contributed by atoms with Crippen molar-refractivity contribution < 1.29 is 71.9 Å². The lowest BCUT2D eigenvalue weighted by Crippen LogP contribution is -2.63. The number of carbonyl (C=O) groups excluding carboxylic acids is 7. The van der Waals surface area contributed by atoms with E-state index < -0.39 is 66.1 Å². The lowest BCUT2D eigenvalue weighted by molar-refractivity contribution is -0.276. The first kappa shape index (κ1) is 36.1. The molecule has 236 valence electrons. The zero-order valence-electron chi connectivity index (χ0n) is 23.3. The molecule has 4 radical (unpaired) electrons. The zero-order chi connectivity index (χ0) is 33.5. The van der Waals surface area contributed by atoms with Crippen LogP contribution in [0.1, 0.15) is 18.9 Å². The van der Waals surface area contributed by atoms with Gasteiger partial charge in [0.25, 0.3) is 26.8 Å². The van der Waals surface area contributed by atoms with Crippen molar-refractivity contribution >= 4 is 77.2 Å². The Morgan fingerprint density at radius 1 is 1.04 bits per heavy atom.